The lowest BCUT2D eigenvalue weighted by Crippen LogP contribution is -2.26. The third-order valence-electron chi connectivity index (χ3n) is 4.73. The molecule has 0 radical (unpaired) electrons. The number of fused-ring (bicyclic) bond motifs is 3. The van der Waals surface area contributed by atoms with E-state index < -0.39 is 0 Å². The highest BCUT2D eigenvalue weighted by molar-refractivity contribution is 7.17. The Morgan fingerprint density at radius 3 is 2.88 bits per heavy atom. The summed E-state index contributed by atoms with van der Waals surface area (Å²) in [6.45, 7) is 2.03. The molecule has 0 aliphatic heterocycles. The van der Waals surface area contributed by atoms with E-state index in [1.165, 1.54) is 17.0 Å². The zero-order chi connectivity index (χ0) is 17.9. The number of likely N-dealkylation sites (N-methyl/N-ethyl adjacent to an activating group) is 1. The van der Waals surface area contributed by atoms with Crippen LogP contribution in [0.3, 0.4) is 0 Å². The summed E-state index contributed by atoms with van der Waals surface area (Å²) in [5.41, 5.74) is 2.07. The molecule has 3 aromatic rings. The lowest BCUT2D eigenvalue weighted by Gasteiger charge is -2.16. The maximum Gasteiger partial charge on any atom is 0.259 e. The van der Waals surface area contributed by atoms with Crippen LogP contribution in [0.5, 0.6) is 5.75 Å². The van der Waals surface area contributed by atoms with Crippen molar-refractivity contribution in [1.29, 1.82) is 0 Å². The number of aryl methyl sites for hydroxylation is 2. The van der Waals surface area contributed by atoms with Crippen molar-refractivity contribution >= 4 is 16.3 Å². The van der Waals surface area contributed by atoms with Crippen LogP contribution in [0.4, 0.5) is 0 Å². The van der Waals surface area contributed by atoms with Crippen LogP contribution in [-0.4, -0.2) is 34.5 Å². The van der Waals surface area contributed by atoms with Gasteiger partial charge in [-0.25, -0.2) is 4.98 Å². The highest BCUT2D eigenvalue weighted by Crippen LogP contribution is 2.28. The fourth-order valence-corrected chi connectivity index (χ4v) is 4.65. The maximum atomic E-state index is 12.6. The van der Waals surface area contributed by atoms with Crippen LogP contribution >= 0.6 is 11.3 Å². The minimum Gasteiger partial charge on any atom is -0.492 e. The van der Waals surface area contributed by atoms with Crippen LogP contribution in [0.1, 0.15) is 29.1 Å². The van der Waals surface area contributed by atoms with Crippen LogP contribution in [0, 0.1) is 0 Å². The molecule has 4 rings (SSSR count). The molecule has 0 spiro atoms. The van der Waals surface area contributed by atoms with Gasteiger partial charge in [0.1, 0.15) is 12.4 Å². The van der Waals surface area contributed by atoms with Gasteiger partial charge < -0.3 is 4.74 Å². The zero-order valence-electron chi connectivity index (χ0n) is 15.0. The van der Waals surface area contributed by atoms with Crippen LogP contribution in [0.25, 0.3) is 4.96 Å². The number of para-hydroxylation sites is 1. The molecule has 1 aliphatic rings. The van der Waals surface area contributed by atoms with E-state index >= 15 is 0 Å². The highest BCUT2D eigenvalue weighted by atomic mass is 32.1. The van der Waals surface area contributed by atoms with Gasteiger partial charge >= 0.3 is 0 Å². The Labute approximate surface area is 156 Å². The number of thiazole rings is 1. The molecule has 26 heavy (non-hydrogen) atoms. The predicted octanol–water partition coefficient (Wildman–Crippen LogP) is 3.15. The number of rotatable bonds is 6. The molecule has 0 fully saturated rings. The second-order valence-corrected chi connectivity index (χ2v) is 7.84. The first-order chi connectivity index (χ1) is 12.7. The molecular formula is C20H23N3O2S. The molecule has 0 amide bonds. The van der Waals surface area contributed by atoms with Crippen molar-refractivity contribution in [3.05, 3.63) is 63.0 Å². The molecule has 0 saturated carbocycles. The molecule has 0 unspecified atom stereocenters. The number of benzene rings is 1. The molecule has 136 valence electrons. The molecule has 0 saturated heterocycles. The molecule has 1 aromatic carbocycles. The lowest BCUT2D eigenvalue weighted by atomic mass is 10.0. The molecule has 1 aliphatic carbocycles. The van der Waals surface area contributed by atoms with E-state index in [-0.39, 0.29) is 5.56 Å². The molecule has 5 nitrogen and oxygen atoms in total. The Hall–Kier alpha value is -2.18. The zero-order valence-corrected chi connectivity index (χ0v) is 15.8. The van der Waals surface area contributed by atoms with E-state index in [4.69, 9.17) is 9.72 Å². The van der Waals surface area contributed by atoms with E-state index in [2.05, 4.69) is 4.90 Å². The predicted molar refractivity (Wildman–Crippen MR) is 104 cm³/mol. The molecule has 0 N–H and O–H groups in total. The summed E-state index contributed by atoms with van der Waals surface area (Å²) in [5.74, 6) is 0.878. The molecular weight excluding hydrogens is 346 g/mol. The minimum atomic E-state index is 0.0540. The topological polar surface area (TPSA) is 46.8 Å². The van der Waals surface area contributed by atoms with Crippen molar-refractivity contribution in [2.75, 3.05) is 20.2 Å². The lowest BCUT2D eigenvalue weighted by molar-refractivity contribution is 0.231. The quantitative estimate of drug-likeness (QED) is 0.670. The van der Waals surface area contributed by atoms with Gasteiger partial charge in [0, 0.05) is 29.7 Å². The summed E-state index contributed by atoms with van der Waals surface area (Å²) in [4.78, 5) is 21.7. The van der Waals surface area contributed by atoms with Gasteiger partial charge in [0.05, 0.1) is 5.69 Å². The van der Waals surface area contributed by atoms with E-state index in [9.17, 15) is 4.79 Å². The standard InChI is InChI=1S/C20H23N3O2S/c1-22(11-12-25-16-7-3-2-4-8-16)14-15-13-19(24)23-17-9-5-6-10-18(17)26-20(23)21-15/h2-4,7-8,13H,5-6,9-12,14H2,1H3. The van der Waals surface area contributed by atoms with Gasteiger partial charge in [-0.1, -0.05) is 18.2 Å². The average molecular weight is 369 g/mol. The Morgan fingerprint density at radius 1 is 1.23 bits per heavy atom. The SMILES string of the molecule is CN(CCOc1ccccc1)Cc1cc(=O)n2c3c(sc2n1)CCCC3. The second kappa shape index (κ2) is 7.60. The Balaban J connectivity index is 1.43. The van der Waals surface area contributed by atoms with Crippen LogP contribution in [-0.2, 0) is 19.4 Å². The first-order valence-electron chi connectivity index (χ1n) is 9.10. The van der Waals surface area contributed by atoms with Crippen molar-refractivity contribution in [1.82, 2.24) is 14.3 Å². The number of hydrogen-bond donors (Lipinski definition) is 0. The van der Waals surface area contributed by atoms with Crippen LogP contribution in [0.2, 0.25) is 0 Å². The number of nitrogens with zero attached hydrogens (tertiary/aromatic N) is 3. The third kappa shape index (κ3) is 3.66. The Bertz CT molecular complexity index is 949. The number of ether oxygens (including phenoxy) is 1. The first kappa shape index (κ1) is 17.2. The van der Waals surface area contributed by atoms with E-state index in [0.717, 1.165) is 42.2 Å². The summed E-state index contributed by atoms with van der Waals surface area (Å²) < 4.78 is 7.56. The number of aromatic nitrogens is 2. The monoisotopic (exact) mass is 369 g/mol. The fraction of sp³-hybridized carbons (Fsp3) is 0.400. The second-order valence-electron chi connectivity index (χ2n) is 6.78. The molecule has 6 heteroatoms. The average Bonchev–Trinajstić information content (AvgIpc) is 3.01. The van der Waals surface area contributed by atoms with Gasteiger partial charge in [0.15, 0.2) is 4.96 Å². The summed E-state index contributed by atoms with van der Waals surface area (Å²) in [6, 6.07) is 11.5. The third-order valence-corrected chi connectivity index (χ3v) is 5.87. The van der Waals surface area contributed by atoms with Crippen LogP contribution in [0.15, 0.2) is 41.2 Å². The molecule has 0 bridgehead atoms. The normalized spacial score (nSPS) is 13.9. The highest BCUT2D eigenvalue weighted by Gasteiger charge is 2.18. The van der Waals surface area contributed by atoms with Gasteiger partial charge in [0.25, 0.3) is 5.56 Å². The van der Waals surface area contributed by atoms with Crippen molar-refractivity contribution in [3.63, 3.8) is 0 Å². The minimum absolute atomic E-state index is 0.0540. The smallest absolute Gasteiger partial charge is 0.259 e. The van der Waals surface area contributed by atoms with Crippen LogP contribution < -0.4 is 10.3 Å². The van der Waals surface area contributed by atoms with Crippen molar-refractivity contribution in [3.8, 4) is 5.75 Å². The molecule has 2 aromatic heterocycles. The van der Waals surface area contributed by atoms with Gasteiger partial charge in [-0.3, -0.25) is 14.1 Å². The number of hydrogen-bond acceptors (Lipinski definition) is 5. The summed E-state index contributed by atoms with van der Waals surface area (Å²) >= 11 is 1.68. The van der Waals surface area contributed by atoms with E-state index in [1.807, 2.05) is 41.8 Å². The van der Waals surface area contributed by atoms with Crippen molar-refractivity contribution in [2.24, 2.45) is 0 Å². The maximum absolute atomic E-state index is 12.6. The van der Waals surface area contributed by atoms with Gasteiger partial charge in [-0.2, -0.15) is 0 Å². The van der Waals surface area contributed by atoms with Gasteiger partial charge in [0.2, 0.25) is 0 Å². The van der Waals surface area contributed by atoms with E-state index in [1.54, 1.807) is 17.4 Å². The molecule has 0 atom stereocenters. The van der Waals surface area contributed by atoms with Gasteiger partial charge in [-0.05, 0) is 44.9 Å². The Morgan fingerprint density at radius 2 is 2.04 bits per heavy atom. The Kier molecular flexibility index (Phi) is 5.04. The van der Waals surface area contributed by atoms with E-state index in [0.29, 0.717) is 13.2 Å². The fourth-order valence-electron chi connectivity index (χ4n) is 3.41. The van der Waals surface area contributed by atoms with Crippen molar-refractivity contribution in [2.45, 2.75) is 32.2 Å². The van der Waals surface area contributed by atoms with Crippen molar-refractivity contribution < 1.29 is 4.74 Å². The summed E-state index contributed by atoms with van der Waals surface area (Å²) in [6.07, 6.45) is 4.45. The molecule has 2 heterocycles. The largest absolute Gasteiger partial charge is 0.492 e. The summed E-state index contributed by atoms with van der Waals surface area (Å²) in [7, 11) is 2.03. The summed E-state index contributed by atoms with van der Waals surface area (Å²) in [5, 5.41) is 0. The first-order valence-corrected chi connectivity index (χ1v) is 9.92. The van der Waals surface area contributed by atoms with Gasteiger partial charge in [-0.15, -0.1) is 11.3 Å².